The Morgan fingerprint density at radius 1 is 1.09 bits per heavy atom. The van der Waals surface area contributed by atoms with Crippen LogP contribution in [-0.4, -0.2) is 38.3 Å². The molecule has 5 nitrogen and oxygen atoms in total. The highest BCUT2D eigenvalue weighted by atomic mass is 16.3. The van der Waals surface area contributed by atoms with E-state index in [1.807, 2.05) is 10.7 Å². The van der Waals surface area contributed by atoms with Crippen LogP contribution in [0.4, 0.5) is 0 Å². The van der Waals surface area contributed by atoms with Gasteiger partial charge in [-0.3, -0.25) is 9.48 Å². The minimum atomic E-state index is -0.466. The van der Waals surface area contributed by atoms with Gasteiger partial charge in [-0.2, -0.15) is 5.10 Å². The van der Waals surface area contributed by atoms with Gasteiger partial charge in [0.25, 0.3) is 5.91 Å². The number of amides is 1. The summed E-state index contributed by atoms with van der Waals surface area (Å²) in [6.07, 6.45) is 8.66. The highest BCUT2D eigenvalue weighted by Crippen LogP contribution is 2.36. The maximum Gasteiger partial charge on any atom is 0.274 e. The van der Waals surface area contributed by atoms with Gasteiger partial charge in [0.1, 0.15) is 0 Å². The number of hydrogen-bond donors (Lipinski definition) is 1. The molecule has 3 heterocycles. The zero-order chi connectivity index (χ0) is 15.1. The number of rotatable bonds is 2. The molecule has 3 aliphatic rings. The van der Waals surface area contributed by atoms with Crippen molar-refractivity contribution in [3.05, 3.63) is 17.5 Å². The molecule has 0 spiro atoms. The van der Waals surface area contributed by atoms with Gasteiger partial charge in [0.2, 0.25) is 0 Å². The maximum absolute atomic E-state index is 12.9. The van der Waals surface area contributed by atoms with Crippen molar-refractivity contribution in [2.45, 2.75) is 70.1 Å². The van der Waals surface area contributed by atoms with Crippen LogP contribution in [0.2, 0.25) is 0 Å². The van der Waals surface area contributed by atoms with Crippen molar-refractivity contribution in [3.63, 3.8) is 0 Å². The normalized spacial score (nSPS) is 29.0. The Bertz CT molecular complexity index is 562. The smallest absolute Gasteiger partial charge is 0.274 e. The highest BCUT2D eigenvalue weighted by Gasteiger charge is 2.37. The molecular weight excluding hydrogens is 278 g/mol. The first-order chi connectivity index (χ1) is 10.7. The van der Waals surface area contributed by atoms with Crippen molar-refractivity contribution in [2.24, 2.45) is 5.92 Å². The molecule has 1 N–H and O–H groups in total. The van der Waals surface area contributed by atoms with Crippen LogP contribution < -0.4 is 0 Å². The highest BCUT2D eigenvalue weighted by molar-refractivity contribution is 5.92. The molecule has 4 rings (SSSR count). The number of aliphatic hydroxyl groups is 1. The van der Waals surface area contributed by atoms with Crippen molar-refractivity contribution < 1.29 is 9.90 Å². The first-order valence-corrected chi connectivity index (χ1v) is 8.81. The zero-order valence-electron chi connectivity index (χ0n) is 13.1. The van der Waals surface area contributed by atoms with Gasteiger partial charge in [-0.05, 0) is 50.5 Å². The van der Waals surface area contributed by atoms with Gasteiger partial charge in [0.05, 0.1) is 11.8 Å². The molecule has 1 aromatic heterocycles. The van der Waals surface area contributed by atoms with E-state index in [1.165, 1.54) is 25.7 Å². The van der Waals surface area contributed by atoms with E-state index in [-0.39, 0.29) is 5.91 Å². The van der Waals surface area contributed by atoms with Crippen LogP contribution in [-0.2, 0) is 6.54 Å². The first-order valence-electron chi connectivity index (χ1n) is 8.81. The fraction of sp³-hybridized carbons (Fsp3) is 0.765. The monoisotopic (exact) mass is 303 g/mol. The minimum absolute atomic E-state index is 0.0727. The topological polar surface area (TPSA) is 58.4 Å². The third kappa shape index (κ3) is 2.35. The van der Waals surface area contributed by atoms with Crippen molar-refractivity contribution in [2.75, 3.05) is 6.54 Å². The van der Waals surface area contributed by atoms with Gasteiger partial charge < -0.3 is 10.0 Å². The lowest BCUT2D eigenvalue weighted by molar-refractivity contribution is 0.0682. The number of aromatic nitrogens is 2. The van der Waals surface area contributed by atoms with E-state index in [4.69, 9.17) is 0 Å². The van der Waals surface area contributed by atoms with E-state index in [1.54, 1.807) is 0 Å². The summed E-state index contributed by atoms with van der Waals surface area (Å²) >= 11 is 0. The lowest BCUT2D eigenvalue weighted by Gasteiger charge is -2.28. The SMILES string of the molecule is O=C(c1cc2n(n1)CCCC2O)N1CCCC1C1CCCC1. The van der Waals surface area contributed by atoms with Crippen LogP contribution in [0, 0.1) is 5.92 Å². The number of hydrogen-bond acceptors (Lipinski definition) is 3. The molecule has 1 aliphatic carbocycles. The van der Waals surface area contributed by atoms with Crippen LogP contribution in [0.15, 0.2) is 6.07 Å². The third-order valence-electron chi connectivity index (χ3n) is 5.72. The summed E-state index contributed by atoms with van der Waals surface area (Å²) in [5.41, 5.74) is 1.34. The Labute approximate surface area is 131 Å². The Balaban J connectivity index is 1.56. The fourth-order valence-electron chi connectivity index (χ4n) is 4.59. The van der Waals surface area contributed by atoms with Crippen LogP contribution in [0.25, 0.3) is 0 Å². The lowest BCUT2D eigenvalue weighted by atomic mass is 9.96. The predicted octanol–water partition coefficient (Wildman–Crippen LogP) is 2.51. The average Bonchev–Trinajstić information content (AvgIpc) is 3.25. The van der Waals surface area contributed by atoms with E-state index < -0.39 is 6.10 Å². The summed E-state index contributed by atoms with van der Waals surface area (Å²) in [4.78, 5) is 15.0. The van der Waals surface area contributed by atoms with E-state index in [2.05, 4.69) is 10.00 Å². The number of carbonyl (C=O) groups is 1. The average molecular weight is 303 g/mol. The van der Waals surface area contributed by atoms with Gasteiger partial charge >= 0.3 is 0 Å². The summed E-state index contributed by atoms with van der Waals surface area (Å²) in [6.45, 7) is 1.68. The van der Waals surface area contributed by atoms with Gasteiger partial charge in [0, 0.05) is 19.1 Å². The molecule has 1 amide bonds. The minimum Gasteiger partial charge on any atom is -0.387 e. The molecule has 5 heteroatoms. The summed E-state index contributed by atoms with van der Waals surface area (Å²) < 4.78 is 1.82. The summed E-state index contributed by atoms with van der Waals surface area (Å²) in [5.74, 6) is 0.762. The molecule has 0 radical (unpaired) electrons. The molecular formula is C17H25N3O2. The van der Waals surface area contributed by atoms with Crippen LogP contribution >= 0.6 is 0 Å². The number of fused-ring (bicyclic) bond motifs is 1. The second-order valence-electron chi connectivity index (χ2n) is 7.09. The molecule has 22 heavy (non-hydrogen) atoms. The van der Waals surface area contributed by atoms with Gasteiger partial charge in [-0.15, -0.1) is 0 Å². The number of aryl methyl sites for hydroxylation is 1. The van der Waals surface area contributed by atoms with Crippen LogP contribution in [0.5, 0.6) is 0 Å². The largest absolute Gasteiger partial charge is 0.387 e. The zero-order valence-corrected chi connectivity index (χ0v) is 13.1. The van der Waals surface area contributed by atoms with Crippen molar-refractivity contribution >= 4 is 5.91 Å². The molecule has 1 saturated carbocycles. The number of aliphatic hydroxyl groups excluding tert-OH is 1. The Hall–Kier alpha value is -1.36. The molecule has 1 saturated heterocycles. The number of nitrogens with zero attached hydrogens (tertiary/aromatic N) is 3. The number of carbonyl (C=O) groups excluding carboxylic acids is 1. The maximum atomic E-state index is 12.9. The van der Waals surface area contributed by atoms with E-state index in [9.17, 15) is 9.90 Å². The van der Waals surface area contributed by atoms with E-state index >= 15 is 0 Å². The molecule has 2 unspecified atom stereocenters. The summed E-state index contributed by atoms with van der Waals surface area (Å²) in [7, 11) is 0. The second-order valence-corrected chi connectivity index (χ2v) is 7.09. The molecule has 2 fully saturated rings. The van der Waals surface area contributed by atoms with E-state index in [0.29, 0.717) is 17.7 Å². The first kappa shape index (κ1) is 14.2. The molecule has 0 aromatic carbocycles. The van der Waals surface area contributed by atoms with Gasteiger partial charge in [0.15, 0.2) is 5.69 Å². The van der Waals surface area contributed by atoms with E-state index in [0.717, 1.165) is 44.5 Å². The molecule has 1 aromatic rings. The van der Waals surface area contributed by atoms with Gasteiger partial charge in [-0.25, -0.2) is 0 Å². The molecule has 2 aliphatic heterocycles. The Kier molecular flexibility index (Phi) is 3.68. The van der Waals surface area contributed by atoms with Gasteiger partial charge in [-0.1, -0.05) is 12.8 Å². The fourth-order valence-corrected chi connectivity index (χ4v) is 4.59. The van der Waals surface area contributed by atoms with Crippen LogP contribution in [0.3, 0.4) is 0 Å². The molecule has 120 valence electrons. The van der Waals surface area contributed by atoms with Crippen molar-refractivity contribution in [1.29, 1.82) is 0 Å². The Morgan fingerprint density at radius 3 is 2.64 bits per heavy atom. The summed E-state index contributed by atoms with van der Waals surface area (Å²) in [6, 6.07) is 2.23. The quantitative estimate of drug-likeness (QED) is 0.913. The lowest BCUT2D eigenvalue weighted by Crippen LogP contribution is -2.39. The third-order valence-corrected chi connectivity index (χ3v) is 5.72. The predicted molar refractivity (Wildman–Crippen MR) is 82.4 cm³/mol. The standard InChI is InChI=1S/C17H25N3O2/c21-16-8-4-10-20-15(16)11-13(18-20)17(22)19-9-3-7-14(19)12-5-1-2-6-12/h11-12,14,16,21H,1-10H2. The van der Waals surface area contributed by atoms with Crippen molar-refractivity contribution in [3.8, 4) is 0 Å². The summed E-state index contributed by atoms with van der Waals surface area (Å²) in [5, 5.41) is 14.5. The molecule has 0 bridgehead atoms. The number of likely N-dealkylation sites (tertiary alicyclic amines) is 1. The molecule has 2 atom stereocenters. The Morgan fingerprint density at radius 2 is 1.86 bits per heavy atom. The second kappa shape index (κ2) is 5.69. The van der Waals surface area contributed by atoms with Crippen LogP contribution in [0.1, 0.15) is 73.7 Å². The van der Waals surface area contributed by atoms with Crippen molar-refractivity contribution in [1.82, 2.24) is 14.7 Å².